The van der Waals surface area contributed by atoms with Crippen molar-refractivity contribution in [2.75, 3.05) is 17.8 Å². The maximum Gasteiger partial charge on any atom is 0.308 e. The van der Waals surface area contributed by atoms with Crippen molar-refractivity contribution in [1.82, 2.24) is 0 Å². The number of hydrogen-bond acceptors (Lipinski definition) is 5. The number of hydrogen-bond donors (Lipinski definition) is 1. The number of esters is 1. The largest absolute Gasteiger partial charge is 0.489 e. The molecule has 1 heterocycles. The first-order valence-corrected chi connectivity index (χ1v) is 10.8. The summed E-state index contributed by atoms with van der Waals surface area (Å²) in [6.45, 7) is 9.73. The van der Waals surface area contributed by atoms with Crippen LogP contribution in [0.4, 0.5) is 5.69 Å². The van der Waals surface area contributed by atoms with E-state index in [1.165, 1.54) is 6.92 Å². The molecule has 0 aromatic heterocycles. The summed E-state index contributed by atoms with van der Waals surface area (Å²) < 4.78 is 17.9. The number of nitrogens with one attached hydrogen (secondary N) is 1. The average molecular weight is 446 g/mol. The van der Waals surface area contributed by atoms with Gasteiger partial charge in [-0.15, -0.1) is 11.6 Å². The molecule has 31 heavy (non-hydrogen) atoms. The summed E-state index contributed by atoms with van der Waals surface area (Å²) >= 11 is 5.51. The molecule has 0 radical (unpaired) electrons. The van der Waals surface area contributed by atoms with Crippen molar-refractivity contribution in [3.8, 4) is 17.2 Å². The van der Waals surface area contributed by atoms with E-state index in [2.05, 4.69) is 5.32 Å². The molecule has 1 amide bonds. The van der Waals surface area contributed by atoms with Gasteiger partial charge < -0.3 is 19.5 Å². The number of carbonyl (C=O) groups excluding carboxylic acids is 2. The summed E-state index contributed by atoms with van der Waals surface area (Å²) in [5.74, 6) is 1.50. The Morgan fingerprint density at radius 3 is 2.42 bits per heavy atom. The number of anilines is 1. The smallest absolute Gasteiger partial charge is 0.308 e. The van der Waals surface area contributed by atoms with Crippen LogP contribution in [0, 0.1) is 20.8 Å². The molecule has 2 aromatic rings. The molecule has 0 fully saturated rings. The van der Waals surface area contributed by atoms with E-state index in [-0.39, 0.29) is 17.8 Å². The molecule has 1 atom stereocenters. The topological polar surface area (TPSA) is 73.9 Å². The second kappa shape index (κ2) is 9.18. The number of alkyl halides is 1. The summed E-state index contributed by atoms with van der Waals surface area (Å²) in [5, 5.41) is 2.69. The predicted octanol–water partition coefficient (Wildman–Crippen LogP) is 4.88. The third-order valence-electron chi connectivity index (χ3n) is 5.61. The summed E-state index contributed by atoms with van der Waals surface area (Å²) in [4.78, 5) is 22.9. The Hall–Kier alpha value is -2.73. The minimum atomic E-state index is -0.495. The number of carbonyl (C=O) groups is 2. The van der Waals surface area contributed by atoms with Crippen LogP contribution in [0.2, 0.25) is 0 Å². The molecule has 0 saturated heterocycles. The number of halogens is 1. The summed E-state index contributed by atoms with van der Waals surface area (Å²) in [6, 6.07) is 7.14. The van der Waals surface area contributed by atoms with Gasteiger partial charge in [-0.1, -0.05) is 0 Å². The van der Waals surface area contributed by atoms with Crippen LogP contribution in [0.1, 0.15) is 42.5 Å². The molecule has 1 N–H and O–H groups in total. The highest BCUT2D eigenvalue weighted by molar-refractivity contribution is 6.29. The molecule has 166 valence electrons. The molecule has 6 nitrogen and oxygen atoms in total. The van der Waals surface area contributed by atoms with E-state index in [1.54, 1.807) is 24.3 Å². The van der Waals surface area contributed by atoms with E-state index in [0.29, 0.717) is 23.8 Å². The monoisotopic (exact) mass is 445 g/mol. The Morgan fingerprint density at radius 2 is 1.81 bits per heavy atom. The number of rotatable bonds is 6. The lowest BCUT2D eigenvalue weighted by Crippen LogP contribution is -2.42. The van der Waals surface area contributed by atoms with Gasteiger partial charge in [0.05, 0.1) is 0 Å². The standard InChI is InChI=1S/C24H28ClNO5/c1-14-15(2)23-20(16(3)22(14)30-17(4)27)10-11-24(5,31-23)13-29-19-8-6-18(7-9-19)26-21(28)12-25/h6-9H,10-13H2,1-5H3,(H,26,28). The summed E-state index contributed by atoms with van der Waals surface area (Å²) in [6.07, 6.45) is 1.58. The van der Waals surface area contributed by atoms with E-state index >= 15 is 0 Å². The van der Waals surface area contributed by atoms with Crippen molar-refractivity contribution in [3.63, 3.8) is 0 Å². The van der Waals surface area contributed by atoms with Gasteiger partial charge in [0.15, 0.2) is 0 Å². The van der Waals surface area contributed by atoms with Crippen LogP contribution in [0.3, 0.4) is 0 Å². The van der Waals surface area contributed by atoms with Gasteiger partial charge >= 0.3 is 5.97 Å². The zero-order valence-corrected chi connectivity index (χ0v) is 19.3. The van der Waals surface area contributed by atoms with Gasteiger partial charge in [-0.3, -0.25) is 9.59 Å². The normalized spacial score (nSPS) is 17.4. The molecule has 0 aliphatic carbocycles. The maximum atomic E-state index is 11.5. The quantitative estimate of drug-likeness (QED) is 0.390. The van der Waals surface area contributed by atoms with Gasteiger partial charge in [0.2, 0.25) is 5.91 Å². The van der Waals surface area contributed by atoms with Crippen LogP contribution in [-0.2, 0) is 16.0 Å². The predicted molar refractivity (Wildman–Crippen MR) is 121 cm³/mol. The third-order valence-corrected chi connectivity index (χ3v) is 5.86. The molecular weight excluding hydrogens is 418 g/mol. The van der Waals surface area contributed by atoms with Crippen molar-refractivity contribution in [2.45, 2.75) is 53.1 Å². The number of benzene rings is 2. The van der Waals surface area contributed by atoms with Crippen LogP contribution in [-0.4, -0.2) is 30.0 Å². The highest BCUT2D eigenvalue weighted by Crippen LogP contribution is 2.44. The van der Waals surface area contributed by atoms with Gasteiger partial charge in [-0.25, -0.2) is 0 Å². The third kappa shape index (κ3) is 5.13. The SMILES string of the molecule is CC(=O)Oc1c(C)c(C)c2c(c1C)CCC(C)(COc1ccc(NC(=O)CCl)cc1)O2. The molecule has 3 rings (SSSR count). The average Bonchev–Trinajstić information content (AvgIpc) is 2.74. The second-order valence-corrected chi connectivity index (χ2v) is 8.42. The maximum absolute atomic E-state index is 11.5. The molecular formula is C24H28ClNO5. The van der Waals surface area contributed by atoms with Crippen LogP contribution in [0.15, 0.2) is 24.3 Å². The van der Waals surface area contributed by atoms with Gasteiger partial charge in [-0.05, 0) is 81.5 Å². The first-order valence-electron chi connectivity index (χ1n) is 10.2. The fourth-order valence-electron chi connectivity index (χ4n) is 3.74. The number of amides is 1. The zero-order chi connectivity index (χ0) is 22.8. The molecule has 1 aliphatic heterocycles. The Balaban J connectivity index is 1.73. The van der Waals surface area contributed by atoms with Gasteiger partial charge in [0.25, 0.3) is 0 Å². The van der Waals surface area contributed by atoms with Crippen LogP contribution >= 0.6 is 11.6 Å². The molecule has 0 bridgehead atoms. The van der Waals surface area contributed by atoms with E-state index in [4.69, 9.17) is 25.8 Å². The lowest BCUT2D eigenvalue weighted by Gasteiger charge is -2.37. The number of ether oxygens (including phenoxy) is 3. The van der Waals surface area contributed by atoms with Crippen LogP contribution in [0.5, 0.6) is 17.2 Å². The minimum Gasteiger partial charge on any atom is -0.489 e. The summed E-state index contributed by atoms with van der Waals surface area (Å²) in [5.41, 5.74) is 4.08. The van der Waals surface area contributed by atoms with E-state index < -0.39 is 5.60 Å². The highest BCUT2D eigenvalue weighted by Gasteiger charge is 2.35. The number of fused-ring (bicyclic) bond motifs is 1. The van der Waals surface area contributed by atoms with Crippen LogP contribution < -0.4 is 19.5 Å². The van der Waals surface area contributed by atoms with Crippen molar-refractivity contribution in [3.05, 3.63) is 46.5 Å². The van der Waals surface area contributed by atoms with Crippen molar-refractivity contribution in [2.24, 2.45) is 0 Å². The Labute approximate surface area is 187 Å². The van der Waals surface area contributed by atoms with Crippen molar-refractivity contribution >= 4 is 29.2 Å². The zero-order valence-electron chi connectivity index (χ0n) is 18.6. The summed E-state index contributed by atoms with van der Waals surface area (Å²) in [7, 11) is 0. The Kier molecular flexibility index (Phi) is 6.80. The fraction of sp³-hybridized carbons (Fsp3) is 0.417. The first kappa shape index (κ1) is 22.9. The van der Waals surface area contributed by atoms with Gasteiger partial charge in [-0.2, -0.15) is 0 Å². The molecule has 0 spiro atoms. The van der Waals surface area contributed by atoms with Gasteiger partial charge in [0, 0.05) is 18.2 Å². The van der Waals surface area contributed by atoms with Gasteiger partial charge in [0.1, 0.15) is 35.3 Å². The second-order valence-electron chi connectivity index (χ2n) is 8.15. The Bertz CT molecular complexity index is 1000. The lowest BCUT2D eigenvalue weighted by molar-refractivity contribution is -0.132. The van der Waals surface area contributed by atoms with Crippen molar-refractivity contribution in [1.29, 1.82) is 0 Å². The lowest BCUT2D eigenvalue weighted by atomic mass is 9.87. The highest BCUT2D eigenvalue weighted by atomic mass is 35.5. The van der Waals surface area contributed by atoms with Crippen molar-refractivity contribution < 1.29 is 23.8 Å². The molecule has 2 aromatic carbocycles. The van der Waals surface area contributed by atoms with Crippen LogP contribution in [0.25, 0.3) is 0 Å². The van der Waals surface area contributed by atoms with E-state index in [9.17, 15) is 9.59 Å². The Morgan fingerprint density at radius 1 is 1.13 bits per heavy atom. The fourth-order valence-corrected chi connectivity index (χ4v) is 3.81. The molecule has 1 aliphatic rings. The minimum absolute atomic E-state index is 0.0871. The molecule has 7 heteroatoms. The van der Waals surface area contributed by atoms with E-state index in [0.717, 1.165) is 40.8 Å². The molecule has 0 saturated carbocycles. The molecule has 1 unspecified atom stereocenters. The van der Waals surface area contributed by atoms with E-state index in [1.807, 2.05) is 27.7 Å². The first-order chi connectivity index (χ1) is 14.6.